The zero-order valence-corrected chi connectivity index (χ0v) is 46.8. The van der Waals surface area contributed by atoms with Gasteiger partial charge in [-0.3, -0.25) is 14.4 Å². The Kier molecular flexibility index (Phi) is 56.7. The smallest absolute Gasteiger partial charge is 0.306 e. The SMILES string of the molecule is CC/C=C\C/C=C\C/C=C\C/C=C\CCCCCCC(=O)OC(COC(=O)CCCCCCCCCCCCCCCCCC)COC(=O)CCCCCCCCCCCCCCCCCCCCC. The molecule has 0 amide bonds. The molecular formula is C64H116O6. The Morgan fingerprint density at radius 3 is 0.871 bits per heavy atom. The average molecular weight is 982 g/mol. The molecular weight excluding hydrogens is 865 g/mol. The van der Waals surface area contributed by atoms with Gasteiger partial charge in [-0.2, -0.15) is 0 Å². The Hall–Kier alpha value is -2.63. The molecule has 0 bridgehead atoms. The van der Waals surface area contributed by atoms with E-state index in [0.29, 0.717) is 19.3 Å². The maximum absolute atomic E-state index is 12.9. The highest BCUT2D eigenvalue weighted by atomic mass is 16.6. The number of hydrogen-bond donors (Lipinski definition) is 0. The number of carbonyl (C=O) groups is 3. The Morgan fingerprint density at radius 2 is 0.557 bits per heavy atom. The molecule has 0 aromatic carbocycles. The number of unbranched alkanes of at least 4 members (excludes halogenated alkanes) is 37. The minimum atomic E-state index is -0.783. The molecule has 0 saturated heterocycles. The molecule has 0 saturated carbocycles. The van der Waals surface area contributed by atoms with Gasteiger partial charge >= 0.3 is 17.9 Å². The van der Waals surface area contributed by atoms with E-state index < -0.39 is 6.10 Å². The second kappa shape index (κ2) is 58.9. The maximum atomic E-state index is 12.9. The molecule has 408 valence electrons. The second-order valence-corrected chi connectivity index (χ2v) is 20.6. The van der Waals surface area contributed by atoms with Gasteiger partial charge in [-0.1, -0.05) is 294 Å². The van der Waals surface area contributed by atoms with Crippen molar-refractivity contribution in [1.82, 2.24) is 0 Å². The van der Waals surface area contributed by atoms with Gasteiger partial charge in [-0.25, -0.2) is 0 Å². The van der Waals surface area contributed by atoms with Gasteiger partial charge in [0.05, 0.1) is 0 Å². The molecule has 0 aliphatic rings. The van der Waals surface area contributed by atoms with Crippen LogP contribution >= 0.6 is 0 Å². The van der Waals surface area contributed by atoms with Crippen LogP contribution in [-0.4, -0.2) is 37.2 Å². The Labute approximate surface area is 435 Å². The fourth-order valence-electron chi connectivity index (χ4n) is 9.02. The molecule has 0 aromatic rings. The van der Waals surface area contributed by atoms with Crippen molar-refractivity contribution in [3.63, 3.8) is 0 Å². The van der Waals surface area contributed by atoms with Gasteiger partial charge in [0.15, 0.2) is 6.10 Å². The molecule has 70 heavy (non-hydrogen) atoms. The molecule has 0 radical (unpaired) electrons. The molecule has 1 unspecified atom stereocenters. The quantitative estimate of drug-likeness (QED) is 0.0261. The van der Waals surface area contributed by atoms with E-state index in [1.807, 2.05) is 0 Å². The molecule has 6 heteroatoms. The van der Waals surface area contributed by atoms with Gasteiger partial charge in [-0.15, -0.1) is 0 Å². The standard InChI is InChI=1S/C64H116O6/c1-4-7-10-13-16-19-22-25-28-31-32-34-36-39-42-45-48-51-54-57-63(66)69-60-61(59-68-62(65)56-53-50-47-44-41-38-35-30-27-24-21-18-15-12-9-6-3)70-64(67)58-55-52-49-46-43-40-37-33-29-26-23-20-17-14-11-8-5-2/h8,11,17,20,26,29,37,40,61H,4-7,9-10,12-16,18-19,21-25,27-28,30-36,38-39,41-60H2,1-3H3/b11-8-,20-17-,29-26-,40-37-. The van der Waals surface area contributed by atoms with Gasteiger partial charge in [0, 0.05) is 19.3 Å². The average Bonchev–Trinajstić information content (AvgIpc) is 3.36. The summed E-state index contributed by atoms with van der Waals surface area (Å²) in [6.45, 7) is 6.56. The summed E-state index contributed by atoms with van der Waals surface area (Å²) in [6.07, 6.45) is 72.5. The van der Waals surface area contributed by atoms with Crippen molar-refractivity contribution in [1.29, 1.82) is 0 Å². The monoisotopic (exact) mass is 981 g/mol. The predicted molar refractivity (Wildman–Crippen MR) is 302 cm³/mol. The number of hydrogen-bond acceptors (Lipinski definition) is 6. The van der Waals surface area contributed by atoms with Crippen LogP contribution in [0.1, 0.15) is 323 Å². The lowest BCUT2D eigenvalue weighted by atomic mass is 10.0. The summed E-state index contributed by atoms with van der Waals surface area (Å²) in [5.41, 5.74) is 0. The molecule has 1 atom stereocenters. The lowest BCUT2D eigenvalue weighted by Gasteiger charge is -2.18. The summed E-state index contributed by atoms with van der Waals surface area (Å²) in [5.74, 6) is -0.881. The first-order valence-electron chi connectivity index (χ1n) is 30.6. The highest BCUT2D eigenvalue weighted by Gasteiger charge is 2.19. The van der Waals surface area contributed by atoms with Gasteiger partial charge in [0.1, 0.15) is 13.2 Å². The van der Waals surface area contributed by atoms with Crippen molar-refractivity contribution in [2.45, 2.75) is 329 Å². The van der Waals surface area contributed by atoms with Crippen LogP contribution in [0.15, 0.2) is 48.6 Å². The fraction of sp³-hybridized carbons (Fsp3) is 0.828. The normalized spacial score (nSPS) is 12.3. The minimum Gasteiger partial charge on any atom is -0.462 e. The molecule has 0 aromatic heterocycles. The van der Waals surface area contributed by atoms with E-state index in [9.17, 15) is 14.4 Å². The summed E-state index contributed by atoms with van der Waals surface area (Å²) in [4.78, 5) is 38.2. The van der Waals surface area contributed by atoms with Crippen LogP contribution < -0.4 is 0 Å². The summed E-state index contributed by atoms with van der Waals surface area (Å²) in [5, 5.41) is 0. The first-order valence-corrected chi connectivity index (χ1v) is 30.6. The summed E-state index contributed by atoms with van der Waals surface area (Å²) in [6, 6.07) is 0. The minimum absolute atomic E-state index is 0.0785. The van der Waals surface area contributed by atoms with Crippen LogP contribution in [0, 0.1) is 0 Å². The van der Waals surface area contributed by atoms with Crippen LogP contribution in [0.2, 0.25) is 0 Å². The summed E-state index contributed by atoms with van der Waals surface area (Å²) in [7, 11) is 0. The van der Waals surface area contributed by atoms with Gasteiger partial charge in [-0.05, 0) is 57.8 Å². The second-order valence-electron chi connectivity index (χ2n) is 20.6. The van der Waals surface area contributed by atoms with E-state index in [2.05, 4.69) is 69.4 Å². The van der Waals surface area contributed by atoms with Crippen LogP contribution in [0.5, 0.6) is 0 Å². The van der Waals surface area contributed by atoms with Crippen molar-refractivity contribution < 1.29 is 28.6 Å². The number of allylic oxidation sites excluding steroid dienone is 8. The largest absolute Gasteiger partial charge is 0.462 e. The van der Waals surface area contributed by atoms with Crippen molar-refractivity contribution in [2.24, 2.45) is 0 Å². The molecule has 0 N–H and O–H groups in total. The van der Waals surface area contributed by atoms with E-state index in [0.717, 1.165) is 96.3 Å². The predicted octanol–water partition coefficient (Wildman–Crippen LogP) is 20.6. The van der Waals surface area contributed by atoms with Crippen molar-refractivity contribution in [2.75, 3.05) is 13.2 Å². The fourth-order valence-corrected chi connectivity index (χ4v) is 9.02. The number of rotatable bonds is 56. The number of ether oxygens (including phenoxy) is 3. The molecule has 0 heterocycles. The molecule has 0 spiro atoms. The van der Waals surface area contributed by atoms with Crippen LogP contribution in [0.3, 0.4) is 0 Å². The van der Waals surface area contributed by atoms with Crippen molar-refractivity contribution in [3.8, 4) is 0 Å². The van der Waals surface area contributed by atoms with Crippen molar-refractivity contribution in [3.05, 3.63) is 48.6 Å². The third-order valence-electron chi connectivity index (χ3n) is 13.6. The number of esters is 3. The number of carbonyl (C=O) groups excluding carboxylic acids is 3. The highest BCUT2D eigenvalue weighted by molar-refractivity contribution is 5.71. The topological polar surface area (TPSA) is 78.9 Å². The third-order valence-corrected chi connectivity index (χ3v) is 13.6. The van der Waals surface area contributed by atoms with Crippen LogP contribution in [0.4, 0.5) is 0 Å². The van der Waals surface area contributed by atoms with E-state index in [-0.39, 0.29) is 31.1 Å². The zero-order valence-electron chi connectivity index (χ0n) is 46.8. The van der Waals surface area contributed by atoms with E-state index in [4.69, 9.17) is 14.2 Å². The zero-order chi connectivity index (χ0) is 50.7. The summed E-state index contributed by atoms with van der Waals surface area (Å²) < 4.78 is 16.9. The maximum Gasteiger partial charge on any atom is 0.306 e. The Bertz CT molecular complexity index is 1220. The Balaban J connectivity index is 4.36. The Morgan fingerprint density at radius 1 is 0.300 bits per heavy atom. The highest BCUT2D eigenvalue weighted by Crippen LogP contribution is 2.17. The van der Waals surface area contributed by atoms with E-state index in [1.54, 1.807) is 0 Å². The summed E-state index contributed by atoms with van der Waals surface area (Å²) >= 11 is 0. The van der Waals surface area contributed by atoms with Gasteiger partial charge in [0.25, 0.3) is 0 Å². The lowest BCUT2D eigenvalue weighted by Crippen LogP contribution is -2.30. The van der Waals surface area contributed by atoms with Crippen LogP contribution in [0.25, 0.3) is 0 Å². The van der Waals surface area contributed by atoms with E-state index in [1.165, 1.54) is 186 Å². The molecule has 6 nitrogen and oxygen atoms in total. The first kappa shape index (κ1) is 67.4. The molecule has 0 aliphatic carbocycles. The molecule has 0 rings (SSSR count). The van der Waals surface area contributed by atoms with Gasteiger partial charge in [0.2, 0.25) is 0 Å². The van der Waals surface area contributed by atoms with Crippen molar-refractivity contribution >= 4 is 17.9 Å². The third kappa shape index (κ3) is 56.3. The molecule has 0 aliphatic heterocycles. The molecule has 0 fully saturated rings. The first-order chi connectivity index (χ1) is 34.5. The van der Waals surface area contributed by atoms with Gasteiger partial charge < -0.3 is 14.2 Å². The van der Waals surface area contributed by atoms with Crippen LogP contribution in [-0.2, 0) is 28.6 Å². The van der Waals surface area contributed by atoms with E-state index >= 15 is 0 Å². The lowest BCUT2D eigenvalue weighted by molar-refractivity contribution is -0.167.